The Balaban J connectivity index is 2.14. The van der Waals surface area contributed by atoms with Crippen LogP contribution in [0.1, 0.15) is 18.9 Å². The van der Waals surface area contributed by atoms with Gasteiger partial charge in [0.2, 0.25) is 0 Å². The van der Waals surface area contributed by atoms with Crippen molar-refractivity contribution < 1.29 is 17.9 Å². The first-order valence-electron chi connectivity index (χ1n) is 6.96. The fourth-order valence-electron chi connectivity index (χ4n) is 2.26. The molecule has 22 heavy (non-hydrogen) atoms. The molecule has 0 amide bonds. The smallest absolute Gasteiger partial charge is 0.406 e. The molecule has 0 fully saturated rings. The first-order chi connectivity index (χ1) is 10.4. The molecular formula is C15H18F3N3O. The molecule has 4 nitrogen and oxygen atoms in total. The van der Waals surface area contributed by atoms with Crippen LogP contribution in [-0.4, -0.2) is 35.1 Å². The van der Waals surface area contributed by atoms with Crippen LogP contribution in [0.2, 0.25) is 0 Å². The van der Waals surface area contributed by atoms with Crippen molar-refractivity contribution in [3.05, 3.63) is 36.0 Å². The van der Waals surface area contributed by atoms with Crippen molar-refractivity contribution in [3.63, 3.8) is 0 Å². The predicted molar refractivity (Wildman–Crippen MR) is 77.3 cm³/mol. The number of hydrogen-bond donors (Lipinski definition) is 1. The van der Waals surface area contributed by atoms with E-state index in [0.717, 1.165) is 36.3 Å². The third-order valence-corrected chi connectivity index (χ3v) is 3.14. The highest BCUT2D eigenvalue weighted by Crippen LogP contribution is 2.27. The van der Waals surface area contributed by atoms with Gasteiger partial charge in [-0.05, 0) is 44.3 Å². The van der Waals surface area contributed by atoms with Gasteiger partial charge in [-0.25, -0.2) is 0 Å². The Morgan fingerprint density at radius 1 is 1.23 bits per heavy atom. The van der Waals surface area contributed by atoms with E-state index in [9.17, 15) is 13.2 Å². The molecule has 0 aliphatic heterocycles. The Morgan fingerprint density at radius 2 is 1.91 bits per heavy atom. The van der Waals surface area contributed by atoms with Gasteiger partial charge in [0.05, 0.1) is 11.9 Å². The Labute approximate surface area is 126 Å². The first-order valence-corrected chi connectivity index (χ1v) is 6.96. The van der Waals surface area contributed by atoms with Crippen LogP contribution in [0.25, 0.3) is 11.3 Å². The van der Waals surface area contributed by atoms with Crippen LogP contribution in [0.4, 0.5) is 13.2 Å². The molecule has 0 radical (unpaired) electrons. The van der Waals surface area contributed by atoms with Crippen molar-refractivity contribution in [2.45, 2.75) is 26.3 Å². The average Bonchev–Trinajstić information content (AvgIpc) is 2.86. The van der Waals surface area contributed by atoms with E-state index in [1.54, 1.807) is 18.3 Å². The normalized spacial score (nSPS) is 11.9. The van der Waals surface area contributed by atoms with E-state index in [2.05, 4.69) is 26.8 Å². The summed E-state index contributed by atoms with van der Waals surface area (Å²) < 4.78 is 40.3. The third-order valence-electron chi connectivity index (χ3n) is 3.14. The van der Waals surface area contributed by atoms with E-state index in [0.29, 0.717) is 0 Å². The van der Waals surface area contributed by atoms with Gasteiger partial charge in [-0.3, -0.25) is 5.10 Å². The molecule has 1 aromatic carbocycles. The standard InChI is InChI=1S/C15H18F3N3O/c1-3-8-21(2)10-12-9-19-20-14(12)11-4-6-13(7-5-11)22-15(16,17)18/h4-7,9H,3,8,10H2,1-2H3,(H,19,20). The van der Waals surface area contributed by atoms with Crippen molar-refractivity contribution in [2.75, 3.05) is 13.6 Å². The molecule has 0 saturated heterocycles. The van der Waals surface area contributed by atoms with E-state index in [4.69, 9.17) is 0 Å². The molecule has 0 saturated carbocycles. The number of halogens is 3. The first kappa shape index (κ1) is 16.4. The van der Waals surface area contributed by atoms with Crippen LogP contribution in [0.5, 0.6) is 5.75 Å². The number of hydrogen-bond acceptors (Lipinski definition) is 3. The van der Waals surface area contributed by atoms with Crippen molar-refractivity contribution in [1.82, 2.24) is 15.1 Å². The summed E-state index contributed by atoms with van der Waals surface area (Å²) in [5.41, 5.74) is 2.58. The summed E-state index contributed by atoms with van der Waals surface area (Å²) in [5.74, 6) is -0.236. The fourth-order valence-corrected chi connectivity index (χ4v) is 2.26. The van der Waals surface area contributed by atoms with Crippen molar-refractivity contribution in [3.8, 4) is 17.0 Å². The summed E-state index contributed by atoms with van der Waals surface area (Å²) in [6.45, 7) is 3.79. The fraction of sp³-hybridized carbons (Fsp3) is 0.400. The van der Waals surface area contributed by atoms with Crippen molar-refractivity contribution >= 4 is 0 Å². The van der Waals surface area contributed by atoms with E-state index in [1.807, 2.05) is 7.05 Å². The number of aromatic nitrogens is 2. The number of aromatic amines is 1. The predicted octanol–water partition coefficient (Wildman–Crippen LogP) is 3.82. The van der Waals surface area contributed by atoms with Gasteiger partial charge >= 0.3 is 6.36 Å². The minimum Gasteiger partial charge on any atom is -0.406 e. The summed E-state index contributed by atoms with van der Waals surface area (Å²) in [6.07, 6.45) is -1.89. The van der Waals surface area contributed by atoms with Crippen LogP contribution in [-0.2, 0) is 6.54 Å². The van der Waals surface area contributed by atoms with Crippen LogP contribution in [0, 0.1) is 0 Å². The number of alkyl halides is 3. The van der Waals surface area contributed by atoms with Crippen LogP contribution < -0.4 is 4.74 Å². The summed E-state index contributed by atoms with van der Waals surface area (Å²) in [6, 6.07) is 5.75. The van der Waals surface area contributed by atoms with E-state index in [1.165, 1.54) is 12.1 Å². The topological polar surface area (TPSA) is 41.2 Å². The summed E-state index contributed by atoms with van der Waals surface area (Å²) >= 11 is 0. The maximum atomic E-state index is 12.2. The second kappa shape index (κ2) is 6.83. The van der Waals surface area contributed by atoms with Gasteiger partial charge in [0.15, 0.2) is 0 Å². The van der Waals surface area contributed by atoms with Gasteiger partial charge in [0.1, 0.15) is 5.75 Å². The monoisotopic (exact) mass is 313 g/mol. The van der Waals surface area contributed by atoms with Crippen LogP contribution >= 0.6 is 0 Å². The van der Waals surface area contributed by atoms with Gasteiger partial charge in [-0.1, -0.05) is 6.92 Å². The second-order valence-electron chi connectivity index (χ2n) is 5.08. The zero-order valence-electron chi connectivity index (χ0n) is 12.4. The molecule has 0 atom stereocenters. The summed E-state index contributed by atoms with van der Waals surface area (Å²) in [4.78, 5) is 2.16. The van der Waals surface area contributed by atoms with Gasteiger partial charge in [0.25, 0.3) is 0 Å². The molecule has 7 heteroatoms. The lowest BCUT2D eigenvalue weighted by Gasteiger charge is -2.15. The number of H-pyrrole nitrogens is 1. The quantitative estimate of drug-likeness (QED) is 0.881. The highest BCUT2D eigenvalue weighted by Gasteiger charge is 2.31. The maximum absolute atomic E-state index is 12.2. The van der Waals surface area contributed by atoms with Gasteiger partial charge in [-0.2, -0.15) is 5.10 Å². The Morgan fingerprint density at radius 3 is 2.50 bits per heavy atom. The summed E-state index contributed by atoms with van der Waals surface area (Å²) in [5, 5.41) is 6.93. The van der Waals surface area contributed by atoms with E-state index in [-0.39, 0.29) is 5.75 Å². The highest BCUT2D eigenvalue weighted by molar-refractivity contribution is 5.63. The molecule has 0 unspecified atom stereocenters. The number of benzene rings is 1. The lowest BCUT2D eigenvalue weighted by Crippen LogP contribution is -2.18. The Hall–Kier alpha value is -2.02. The molecule has 0 bridgehead atoms. The molecule has 2 rings (SSSR count). The third kappa shape index (κ3) is 4.49. The molecule has 1 heterocycles. The maximum Gasteiger partial charge on any atom is 0.573 e. The molecule has 2 aromatic rings. The Bertz CT molecular complexity index is 593. The van der Waals surface area contributed by atoms with E-state index >= 15 is 0 Å². The molecular weight excluding hydrogens is 295 g/mol. The second-order valence-corrected chi connectivity index (χ2v) is 5.08. The molecule has 1 N–H and O–H groups in total. The van der Waals surface area contributed by atoms with Crippen molar-refractivity contribution in [2.24, 2.45) is 0 Å². The number of nitrogens with one attached hydrogen (secondary N) is 1. The average molecular weight is 313 g/mol. The Kier molecular flexibility index (Phi) is 5.07. The molecule has 1 aromatic heterocycles. The SMILES string of the molecule is CCCN(C)Cc1cn[nH]c1-c1ccc(OC(F)(F)F)cc1. The minimum atomic E-state index is -4.68. The van der Waals surface area contributed by atoms with Gasteiger partial charge in [-0.15, -0.1) is 13.2 Å². The number of ether oxygens (including phenoxy) is 1. The lowest BCUT2D eigenvalue weighted by atomic mass is 10.1. The highest BCUT2D eigenvalue weighted by atomic mass is 19.4. The van der Waals surface area contributed by atoms with Crippen LogP contribution in [0.15, 0.2) is 30.5 Å². The van der Waals surface area contributed by atoms with E-state index < -0.39 is 6.36 Å². The minimum absolute atomic E-state index is 0.236. The number of nitrogens with zero attached hydrogens (tertiary/aromatic N) is 2. The van der Waals surface area contributed by atoms with Crippen molar-refractivity contribution in [1.29, 1.82) is 0 Å². The molecule has 0 spiro atoms. The largest absolute Gasteiger partial charge is 0.573 e. The molecule has 120 valence electrons. The van der Waals surface area contributed by atoms with Gasteiger partial charge in [0, 0.05) is 17.7 Å². The zero-order chi connectivity index (χ0) is 16.2. The number of rotatable bonds is 6. The summed E-state index contributed by atoms with van der Waals surface area (Å²) in [7, 11) is 2.01. The zero-order valence-corrected chi connectivity index (χ0v) is 12.4. The molecule has 0 aliphatic rings. The van der Waals surface area contributed by atoms with Gasteiger partial charge < -0.3 is 9.64 Å². The molecule has 0 aliphatic carbocycles. The van der Waals surface area contributed by atoms with Crippen LogP contribution in [0.3, 0.4) is 0 Å². The lowest BCUT2D eigenvalue weighted by molar-refractivity contribution is -0.274.